The van der Waals surface area contributed by atoms with Gasteiger partial charge in [0.2, 0.25) is 5.91 Å². The molecular formula is C42H88BN2O3PSi. The van der Waals surface area contributed by atoms with Crippen molar-refractivity contribution in [2.45, 2.75) is 257 Å². The summed E-state index contributed by atoms with van der Waals surface area (Å²) >= 11 is 0. The minimum Gasteiger partial charge on any atom is -0.423 e. The second-order valence-electron chi connectivity index (χ2n) is 15.4. The number of hydrogen-bond donors (Lipinski definition) is 3. The minimum absolute atomic E-state index is 0.0952. The van der Waals surface area contributed by atoms with E-state index in [9.17, 15) is 9.90 Å². The topological polar surface area (TPSA) is 70.6 Å². The highest BCUT2D eigenvalue weighted by Crippen LogP contribution is 2.17. The number of aliphatic hydroxyl groups is 1. The first-order valence-electron chi connectivity index (χ1n) is 23.1. The van der Waals surface area contributed by atoms with Gasteiger partial charge in [0.1, 0.15) is 14.7 Å². The molecule has 5 nitrogen and oxygen atoms in total. The molecule has 296 valence electrons. The number of aliphatic hydroxyl groups excluding tert-OH is 1. The molecule has 0 aromatic carbocycles. The summed E-state index contributed by atoms with van der Waals surface area (Å²) in [5.41, 5.74) is 0. The smallest absolute Gasteiger partial charge is 0.220 e. The molecule has 0 saturated heterocycles. The molecule has 0 aliphatic carbocycles. The van der Waals surface area contributed by atoms with Crippen LogP contribution in [-0.4, -0.2) is 54.4 Å². The van der Waals surface area contributed by atoms with Crippen molar-refractivity contribution in [3.63, 3.8) is 0 Å². The molecule has 0 aromatic heterocycles. The lowest BCUT2D eigenvalue weighted by atomic mass is 9.99. The van der Waals surface area contributed by atoms with E-state index in [0.29, 0.717) is 12.8 Å². The Hall–Kier alpha value is 0.0618. The van der Waals surface area contributed by atoms with Gasteiger partial charge >= 0.3 is 0 Å². The van der Waals surface area contributed by atoms with Gasteiger partial charge in [-0.05, 0) is 38.5 Å². The summed E-state index contributed by atoms with van der Waals surface area (Å²) in [6.07, 6.45) is 40.0. The first kappa shape index (κ1) is 46.2. The largest absolute Gasteiger partial charge is 0.423 e. The molecule has 50 heavy (non-hydrogen) atoms. The van der Waals surface area contributed by atoms with Crippen molar-refractivity contribution in [1.29, 1.82) is 2.51 Å². The van der Waals surface area contributed by atoms with Crippen molar-refractivity contribution < 1.29 is 14.3 Å². The first-order chi connectivity index (χ1) is 25.3. The van der Waals surface area contributed by atoms with Crippen LogP contribution in [0.3, 0.4) is 0 Å². The zero-order chi connectivity index (χ0) is 38.4. The fourth-order valence-corrected chi connectivity index (χ4v) is 7.68. The van der Waals surface area contributed by atoms with Crippen molar-refractivity contribution in [2.75, 3.05) is 6.61 Å². The van der Waals surface area contributed by atoms with E-state index in [0.717, 1.165) is 51.4 Å². The van der Waals surface area contributed by atoms with Gasteiger partial charge < -0.3 is 14.8 Å². The molecule has 0 aromatic rings. The van der Waals surface area contributed by atoms with Gasteiger partial charge in [0.15, 0.2) is 0 Å². The Balaban J connectivity index is 4.80. The van der Waals surface area contributed by atoms with Gasteiger partial charge in [0.25, 0.3) is 0 Å². The third kappa shape index (κ3) is 37.8. The Morgan fingerprint density at radius 1 is 0.640 bits per heavy atom. The summed E-state index contributed by atoms with van der Waals surface area (Å²) in [7, 11) is 2.27. The quantitative estimate of drug-likeness (QED) is 0.0252. The van der Waals surface area contributed by atoms with Crippen LogP contribution in [0.5, 0.6) is 0 Å². The highest BCUT2D eigenvalue weighted by atomic mass is 31.3. The molecule has 0 bridgehead atoms. The minimum atomic E-state index is -3.25. The maximum absolute atomic E-state index is 13.1. The fourth-order valence-electron chi connectivity index (χ4n) is 7.05. The van der Waals surface area contributed by atoms with Crippen LogP contribution in [-0.2, 0) is 9.22 Å². The zero-order valence-corrected chi connectivity index (χ0v) is 35.8. The second-order valence-corrected chi connectivity index (χ2v) is 17.9. The molecule has 0 rings (SSSR count). The molecule has 0 fully saturated rings. The molecule has 3 N–H and O–H groups in total. The van der Waals surface area contributed by atoms with Gasteiger partial charge in [-0.15, -0.1) is 8.73 Å². The van der Waals surface area contributed by atoms with Crippen LogP contribution < -0.4 is 10.6 Å². The highest BCUT2D eigenvalue weighted by Gasteiger charge is 2.19. The zero-order valence-electron chi connectivity index (χ0n) is 35.8. The lowest BCUT2D eigenvalue weighted by Gasteiger charge is -2.26. The molecule has 4 unspecified atom stereocenters. The van der Waals surface area contributed by atoms with E-state index in [1.165, 1.54) is 154 Å². The second kappa shape index (κ2) is 40.3. The van der Waals surface area contributed by atoms with E-state index < -0.39 is 23.5 Å². The van der Waals surface area contributed by atoms with E-state index in [1.54, 1.807) is 0 Å². The predicted octanol–water partition coefficient (Wildman–Crippen LogP) is 11.8. The maximum atomic E-state index is 13.1. The van der Waals surface area contributed by atoms with E-state index >= 15 is 0 Å². The fraction of sp³-hybridized carbons (Fsp3) is 0.976. The Morgan fingerprint density at radius 3 is 1.46 bits per heavy atom. The normalized spacial score (nSPS) is 15.5. The van der Waals surface area contributed by atoms with E-state index in [1.807, 2.05) is 0 Å². The highest BCUT2D eigenvalue weighted by molar-refractivity contribution is 7.70. The van der Waals surface area contributed by atoms with Crippen LogP contribution in [0, 0.1) is 0 Å². The van der Waals surface area contributed by atoms with E-state index in [4.69, 9.17) is 14.4 Å². The van der Waals surface area contributed by atoms with E-state index in [-0.39, 0.29) is 24.6 Å². The Kier molecular flexibility index (Phi) is 37.2. The van der Waals surface area contributed by atoms with Gasteiger partial charge in [-0.3, -0.25) is 10.1 Å². The monoisotopic (exact) mass is 742 g/mol. The summed E-state index contributed by atoms with van der Waals surface area (Å²) in [5, 5.41) is 17.7. The first-order valence-corrected chi connectivity index (χ1v) is 25.1. The van der Waals surface area contributed by atoms with Crippen LogP contribution in [0.25, 0.3) is 0 Å². The van der Waals surface area contributed by atoms with Crippen molar-refractivity contribution >= 4 is 30.6 Å². The maximum Gasteiger partial charge on any atom is 0.220 e. The van der Waals surface area contributed by atoms with Crippen LogP contribution in [0.1, 0.15) is 239 Å². The van der Waals surface area contributed by atoms with E-state index in [2.05, 4.69) is 31.4 Å². The SMILES string of the molecule is [2H][Si]([B])(OC[C@@H](CCC(CCCCCCCCC)NC(=O)CCCCCCCCCCCCC)NC(O)CCCCCCCCCCCCC)P[3H]. The number of carbonyl (C=O) groups is 1. The van der Waals surface area contributed by atoms with Gasteiger partial charge in [-0.25, -0.2) is 0 Å². The molecule has 0 saturated carbocycles. The van der Waals surface area contributed by atoms with Crippen molar-refractivity contribution in [3.05, 3.63) is 0 Å². The summed E-state index contributed by atoms with van der Waals surface area (Å²) < 4.78 is 21.7. The number of hydrogen-bond acceptors (Lipinski definition) is 4. The third-order valence-electron chi connectivity index (χ3n) is 10.3. The van der Waals surface area contributed by atoms with Crippen molar-refractivity contribution in [2.24, 2.45) is 0 Å². The number of unbranched alkanes of at least 4 members (excludes halogenated alkanes) is 26. The standard InChI is InChI=1S/C42H88BN2O3PSi/c1-4-7-10-13-16-18-20-22-25-28-31-34-41(46)44-39(33-30-27-24-15-12-9-6-3)36-37-40(38-48-50(43)49)45-42(47)35-32-29-26-23-21-19-17-14-11-8-5-2/h39-40,42,45,47,50H,4-38,49H2,1-3H3,(H,44,46)/t39?,40-,42?,50?/m1/s1/i49T,50D/t39?,40-,42?,49?,50?. The summed E-state index contributed by atoms with van der Waals surface area (Å²) in [6, 6.07) is -0.0715. The molecule has 5 atom stereocenters. The van der Waals surface area contributed by atoms with Crippen LogP contribution in [0.4, 0.5) is 0 Å². The van der Waals surface area contributed by atoms with Gasteiger partial charge in [-0.1, -0.05) is 194 Å². The molecule has 2 radical (unpaired) electrons. The number of carbonyl (C=O) groups excluding carboxylic acids is 1. The molecule has 0 aliphatic rings. The van der Waals surface area contributed by atoms with Gasteiger partial charge in [0, 0.05) is 26.3 Å². The molecule has 0 aliphatic heterocycles. The van der Waals surface area contributed by atoms with Crippen LogP contribution >= 0.6 is 8.73 Å². The summed E-state index contributed by atoms with van der Waals surface area (Å²) in [5.74, 6) is 0.163. The third-order valence-corrected chi connectivity index (χ3v) is 11.3. The number of amides is 1. The molecule has 0 heterocycles. The Bertz CT molecular complexity index is 762. The summed E-state index contributed by atoms with van der Waals surface area (Å²) in [4.78, 5) is 13.1. The summed E-state index contributed by atoms with van der Waals surface area (Å²) in [6.45, 7) is 7.01. The lowest BCUT2D eigenvalue weighted by Crippen LogP contribution is -2.43. The van der Waals surface area contributed by atoms with Crippen LogP contribution in [0.2, 0.25) is 0 Å². The average molecular weight is 742 g/mol. The molecular weight excluding hydrogens is 650 g/mol. The van der Waals surface area contributed by atoms with Crippen molar-refractivity contribution in [1.82, 2.24) is 10.6 Å². The Morgan fingerprint density at radius 2 is 1.02 bits per heavy atom. The van der Waals surface area contributed by atoms with Crippen LogP contribution in [0.15, 0.2) is 0 Å². The number of nitrogens with one attached hydrogen (secondary N) is 2. The molecule has 0 spiro atoms. The van der Waals surface area contributed by atoms with Gasteiger partial charge in [-0.2, -0.15) is 0 Å². The average Bonchev–Trinajstić information content (AvgIpc) is 3.13. The number of rotatable bonds is 42. The lowest BCUT2D eigenvalue weighted by molar-refractivity contribution is -0.122. The Labute approximate surface area is 321 Å². The molecule has 8 heteroatoms. The van der Waals surface area contributed by atoms with Gasteiger partial charge in [0.05, 0.1) is 8.72 Å². The molecule has 1 amide bonds. The predicted molar refractivity (Wildman–Crippen MR) is 227 cm³/mol. The van der Waals surface area contributed by atoms with Crippen molar-refractivity contribution in [3.8, 4) is 0 Å².